The number of ether oxygens (including phenoxy) is 1. The van der Waals surface area contributed by atoms with Crippen molar-refractivity contribution in [3.05, 3.63) is 46.8 Å². The molecular weight excluding hydrogens is 280 g/mol. The summed E-state index contributed by atoms with van der Waals surface area (Å²) in [5.41, 5.74) is 3.03. The highest BCUT2D eigenvalue weighted by Gasteiger charge is 2.10. The van der Waals surface area contributed by atoms with Crippen molar-refractivity contribution in [3.8, 4) is 5.75 Å². The van der Waals surface area contributed by atoms with Crippen LogP contribution in [0.5, 0.6) is 5.75 Å². The van der Waals surface area contributed by atoms with Gasteiger partial charge in [0.05, 0.1) is 12.2 Å². The fourth-order valence-electron chi connectivity index (χ4n) is 2.25. The molecule has 0 radical (unpaired) electrons. The molecule has 1 amide bonds. The van der Waals surface area contributed by atoms with Crippen molar-refractivity contribution in [1.82, 2.24) is 10.5 Å². The Morgan fingerprint density at radius 2 is 2.14 bits per heavy atom. The van der Waals surface area contributed by atoms with Gasteiger partial charge in [0.25, 0.3) is 0 Å². The van der Waals surface area contributed by atoms with Crippen molar-refractivity contribution in [2.75, 3.05) is 13.2 Å². The van der Waals surface area contributed by atoms with E-state index >= 15 is 0 Å². The van der Waals surface area contributed by atoms with Gasteiger partial charge in [-0.25, -0.2) is 0 Å². The number of nitrogens with one attached hydrogen (secondary N) is 1. The highest BCUT2D eigenvalue weighted by molar-refractivity contribution is 5.76. The average Bonchev–Trinajstić information content (AvgIpc) is 2.80. The number of hydrogen-bond acceptors (Lipinski definition) is 4. The maximum absolute atomic E-state index is 11.8. The topological polar surface area (TPSA) is 64.4 Å². The SMILES string of the molecule is Cc1cccc(OCCNC(=O)CCc2c(C)noc2C)c1. The van der Waals surface area contributed by atoms with E-state index in [-0.39, 0.29) is 5.91 Å². The van der Waals surface area contributed by atoms with E-state index in [2.05, 4.69) is 10.5 Å². The van der Waals surface area contributed by atoms with Crippen LogP contribution in [-0.4, -0.2) is 24.2 Å². The summed E-state index contributed by atoms with van der Waals surface area (Å²) in [6.07, 6.45) is 1.07. The molecule has 5 heteroatoms. The minimum absolute atomic E-state index is 0.00726. The van der Waals surface area contributed by atoms with Gasteiger partial charge >= 0.3 is 0 Å². The minimum Gasteiger partial charge on any atom is -0.492 e. The molecule has 1 heterocycles. The first kappa shape index (κ1) is 16.1. The number of benzene rings is 1. The van der Waals surface area contributed by atoms with E-state index in [0.29, 0.717) is 26.0 Å². The average molecular weight is 302 g/mol. The molecule has 0 atom stereocenters. The van der Waals surface area contributed by atoms with Crippen molar-refractivity contribution in [3.63, 3.8) is 0 Å². The molecule has 0 bridgehead atoms. The van der Waals surface area contributed by atoms with E-state index in [1.165, 1.54) is 0 Å². The molecule has 0 spiro atoms. The van der Waals surface area contributed by atoms with Crippen molar-refractivity contribution in [1.29, 1.82) is 0 Å². The third-order valence-electron chi connectivity index (χ3n) is 3.47. The summed E-state index contributed by atoms with van der Waals surface area (Å²) in [4.78, 5) is 11.8. The van der Waals surface area contributed by atoms with Crippen LogP contribution in [0, 0.1) is 20.8 Å². The van der Waals surface area contributed by atoms with Gasteiger partial charge in [-0.3, -0.25) is 4.79 Å². The van der Waals surface area contributed by atoms with Crippen LogP contribution in [0.3, 0.4) is 0 Å². The Kier molecular flexibility index (Phi) is 5.58. The summed E-state index contributed by atoms with van der Waals surface area (Å²) in [5, 5.41) is 6.74. The Labute approximate surface area is 130 Å². The smallest absolute Gasteiger partial charge is 0.220 e. The van der Waals surface area contributed by atoms with Crippen LogP contribution in [0.4, 0.5) is 0 Å². The summed E-state index contributed by atoms with van der Waals surface area (Å²) in [5.74, 6) is 1.62. The van der Waals surface area contributed by atoms with Crippen molar-refractivity contribution in [2.45, 2.75) is 33.6 Å². The third kappa shape index (κ3) is 4.62. The van der Waals surface area contributed by atoms with Gasteiger partial charge in [-0.05, 0) is 44.9 Å². The molecule has 0 aliphatic rings. The zero-order chi connectivity index (χ0) is 15.9. The van der Waals surface area contributed by atoms with Crippen LogP contribution < -0.4 is 10.1 Å². The summed E-state index contributed by atoms with van der Waals surface area (Å²) < 4.78 is 10.7. The van der Waals surface area contributed by atoms with Crippen molar-refractivity contribution >= 4 is 5.91 Å². The van der Waals surface area contributed by atoms with Crippen LogP contribution in [0.2, 0.25) is 0 Å². The van der Waals surface area contributed by atoms with Crippen LogP contribution in [0.25, 0.3) is 0 Å². The van der Waals surface area contributed by atoms with Gasteiger partial charge in [0.1, 0.15) is 18.1 Å². The second kappa shape index (κ2) is 7.64. The number of hydrogen-bond donors (Lipinski definition) is 1. The Morgan fingerprint density at radius 3 is 2.82 bits per heavy atom. The Morgan fingerprint density at radius 1 is 1.32 bits per heavy atom. The van der Waals surface area contributed by atoms with Crippen LogP contribution in [0.1, 0.15) is 29.0 Å². The normalized spacial score (nSPS) is 10.5. The van der Waals surface area contributed by atoms with E-state index in [4.69, 9.17) is 9.26 Å². The van der Waals surface area contributed by atoms with Gasteiger partial charge in [-0.1, -0.05) is 17.3 Å². The molecule has 1 aromatic carbocycles. The Balaban J connectivity index is 1.66. The van der Waals surface area contributed by atoms with Crippen LogP contribution in [0.15, 0.2) is 28.8 Å². The van der Waals surface area contributed by atoms with Gasteiger partial charge < -0.3 is 14.6 Å². The molecule has 0 fully saturated rings. The third-order valence-corrected chi connectivity index (χ3v) is 3.47. The lowest BCUT2D eigenvalue weighted by Crippen LogP contribution is -2.28. The molecule has 22 heavy (non-hydrogen) atoms. The van der Waals surface area contributed by atoms with Gasteiger partial charge in [0, 0.05) is 12.0 Å². The minimum atomic E-state index is 0.00726. The van der Waals surface area contributed by atoms with Gasteiger partial charge in [0.15, 0.2) is 0 Å². The Hall–Kier alpha value is -2.30. The van der Waals surface area contributed by atoms with Gasteiger partial charge in [-0.2, -0.15) is 0 Å². The second-order valence-electron chi connectivity index (χ2n) is 5.32. The predicted molar refractivity (Wildman–Crippen MR) is 84.0 cm³/mol. The maximum Gasteiger partial charge on any atom is 0.220 e. The first-order valence-electron chi connectivity index (χ1n) is 7.44. The number of nitrogens with zero attached hydrogens (tertiary/aromatic N) is 1. The lowest BCUT2D eigenvalue weighted by atomic mass is 10.1. The van der Waals surface area contributed by atoms with Gasteiger partial charge in [0.2, 0.25) is 5.91 Å². The molecule has 1 aromatic heterocycles. The maximum atomic E-state index is 11.8. The zero-order valence-electron chi connectivity index (χ0n) is 13.3. The first-order chi connectivity index (χ1) is 10.6. The largest absolute Gasteiger partial charge is 0.492 e. The summed E-state index contributed by atoms with van der Waals surface area (Å²) >= 11 is 0. The summed E-state index contributed by atoms with van der Waals surface area (Å²) in [6, 6.07) is 7.85. The summed E-state index contributed by atoms with van der Waals surface area (Å²) in [6.45, 7) is 6.72. The van der Waals surface area contributed by atoms with E-state index in [1.54, 1.807) is 0 Å². The number of aryl methyl sites for hydroxylation is 3. The molecule has 2 rings (SSSR count). The first-order valence-corrected chi connectivity index (χ1v) is 7.44. The standard InChI is InChI=1S/C17H22N2O3/c1-12-5-4-6-15(11-12)21-10-9-18-17(20)8-7-16-13(2)19-22-14(16)3/h4-6,11H,7-10H2,1-3H3,(H,18,20). The van der Waals surface area contributed by atoms with Crippen LogP contribution >= 0.6 is 0 Å². The van der Waals surface area contributed by atoms with E-state index in [9.17, 15) is 4.79 Å². The molecule has 0 unspecified atom stereocenters. The predicted octanol–water partition coefficient (Wildman–Crippen LogP) is 2.73. The molecule has 118 valence electrons. The number of amides is 1. The fraction of sp³-hybridized carbons (Fsp3) is 0.412. The molecule has 0 aliphatic heterocycles. The van der Waals surface area contributed by atoms with E-state index < -0.39 is 0 Å². The van der Waals surface area contributed by atoms with Crippen molar-refractivity contribution < 1.29 is 14.1 Å². The fourth-order valence-corrected chi connectivity index (χ4v) is 2.25. The summed E-state index contributed by atoms with van der Waals surface area (Å²) in [7, 11) is 0. The molecule has 1 N–H and O–H groups in total. The lowest BCUT2D eigenvalue weighted by Gasteiger charge is -2.08. The molecular formula is C17H22N2O3. The van der Waals surface area contributed by atoms with Crippen molar-refractivity contribution in [2.24, 2.45) is 0 Å². The van der Waals surface area contributed by atoms with Crippen LogP contribution in [-0.2, 0) is 11.2 Å². The highest BCUT2D eigenvalue weighted by Crippen LogP contribution is 2.14. The molecule has 0 saturated carbocycles. The number of carbonyl (C=O) groups excluding carboxylic acids is 1. The molecule has 0 aliphatic carbocycles. The van der Waals surface area contributed by atoms with Gasteiger partial charge in [-0.15, -0.1) is 0 Å². The number of rotatable bonds is 7. The lowest BCUT2D eigenvalue weighted by molar-refractivity contribution is -0.121. The molecule has 0 saturated heterocycles. The monoisotopic (exact) mass is 302 g/mol. The zero-order valence-corrected chi connectivity index (χ0v) is 13.3. The number of aromatic nitrogens is 1. The Bertz CT molecular complexity index is 615. The highest BCUT2D eigenvalue weighted by atomic mass is 16.5. The number of carbonyl (C=O) groups is 1. The van der Waals surface area contributed by atoms with E-state index in [1.807, 2.05) is 45.0 Å². The quantitative estimate of drug-likeness (QED) is 0.799. The molecule has 2 aromatic rings. The molecule has 5 nitrogen and oxygen atoms in total. The van der Waals surface area contributed by atoms with E-state index in [0.717, 1.165) is 28.3 Å². The second-order valence-corrected chi connectivity index (χ2v) is 5.32.